The lowest BCUT2D eigenvalue weighted by atomic mass is 10.0. The monoisotopic (exact) mass is 364 g/mol. The molecule has 0 saturated heterocycles. The number of aliphatic hydroxyl groups is 1. The lowest BCUT2D eigenvalue weighted by Gasteiger charge is -2.15. The number of halogens is 5. The molecule has 1 atom stereocenters. The average molecular weight is 365 g/mol. The molecule has 21 heavy (non-hydrogen) atoms. The number of rotatable bonds is 3. The summed E-state index contributed by atoms with van der Waals surface area (Å²) in [7, 11) is 0. The van der Waals surface area contributed by atoms with Gasteiger partial charge in [-0.1, -0.05) is 28.1 Å². The number of alkyl halides is 3. The lowest BCUT2D eigenvalue weighted by Crippen LogP contribution is -2.17. The smallest absolute Gasteiger partial charge is 0.406 e. The fraction of sp³-hybridized carbons (Fsp3) is 0.143. The molecule has 0 heterocycles. The highest BCUT2D eigenvalue weighted by Gasteiger charge is 2.31. The summed E-state index contributed by atoms with van der Waals surface area (Å²) in [6.45, 7) is 0. The Morgan fingerprint density at radius 3 is 2.48 bits per heavy atom. The molecule has 0 amide bonds. The molecule has 0 spiro atoms. The minimum absolute atomic E-state index is 0.156. The molecule has 2 aromatic carbocycles. The minimum Gasteiger partial charge on any atom is -0.406 e. The molecule has 1 unspecified atom stereocenters. The fourth-order valence-corrected chi connectivity index (χ4v) is 2.25. The molecular formula is C14H9BrF4O2. The van der Waals surface area contributed by atoms with Crippen molar-refractivity contribution in [3.05, 3.63) is 63.9 Å². The van der Waals surface area contributed by atoms with Crippen LogP contribution in [0.15, 0.2) is 46.9 Å². The number of aliphatic hydroxyl groups excluding tert-OH is 1. The predicted molar refractivity (Wildman–Crippen MR) is 71.3 cm³/mol. The van der Waals surface area contributed by atoms with Crippen LogP contribution in [0.3, 0.4) is 0 Å². The Morgan fingerprint density at radius 1 is 1.10 bits per heavy atom. The van der Waals surface area contributed by atoms with Crippen LogP contribution < -0.4 is 4.74 Å². The molecule has 0 fully saturated rings. The standard InChI is InChI=1S/C14H9BrF4O2/c15-12-5-4-9(16)7-11(12)13(20)8-2-1-3-10(6-8)21-14(17,18)19/h1-7,13,20H. The van der Waals surface area contributed by atoms with E-state index in [0.29, 0.717) is 4.47 Å². The van der Waals surface area contributed by atoms with Crippen molar-refractivity contribution in [1.82, 2.24) is 0 Å². The van der Waals surface area contributed by atoms with Gasteiger partial charge in [-0.05, 0) is 35.9 Å². The summed E-state index contributed by atoms with van der Waals surface area (Å²) < 4.78 is 54.0. The van der Waals surface area contributed by atoms with E-state index in [1.165, 1.54) is 24.3 Å². The van der Waals surface area contributed by atoms with Crippen LogP contribution in [-0.2, 0) is 0 Å². The number of hydrogen-bond acceptors (Lipinski definition) is 2. The first-order valence-electron chi connectivity index (χ1n) is 5.75. The van der Waals surface area contributed by atoms with Crippen LogP contribution in [0.5, 0.6) is 5.75 Å². The van der Waals surface area contributed by atoms with Crippen LogP contribution in [0, 0.1) is 5.82 Å². The van der Waals surface area contributed by atoms with Gasteiger partial charge in [0.15, 0.2) is 0 Å². The van der Waals surface area contributed by atoms with Crippen LogP contribution in [0.4, 0.5) is 17.6 Å². The van der Waals surface area contributed by atoms with Crippen molar-refractivity contribution in [1.29, 1.82) is 0 Å². The maximum absolute atomic E-state index is 13.2. The summed E-state index contributed by atoms with van der Waals surface area (Å²) in [6, 6.07) is 8.61. The van der Waals surface area contributed by atoms with E-state index in [4.69, 9.17) is 0 Å². The van der Waals surface area contributed by atoms with Gasteiger partial charge >= 0.3 is 6.36 Å². The molecule has 0 aliphatic heterocycles. The SMILES string of the molecule is OC(c1cccc(OC(F)(F)F)c1)c1cc(F)ccc1Br. The van der Waals surface area contributed by atoms with E-state index in [0.717, 1.165) is 18.2 Å². The third-order valence-corrected chi connectivity index (χ3v) is 3.38. The van der Waals surface area contributed by atoms with E-state index in [2.05, 4.69) is 20.7 Å². The molecule has 112 valence electrons. The van der Waals surface area contributed by atoms with Crippen molar-refractivity contribution in [3.63, 3.8) is 0 Å². The van der Waals surface area contributed by atoms with Crippen LogP contribution in [0.2, 0.25) is 0 Å². The molecule has 2 rings (SSSR count). The third-order valence-electron chi connectivity index (χ3n) is 2.66. The van der Waals surface area contributed by atoms with Crippen LogP contribution in [0.1, 0.15) is 17.2 Å². The summed E-state index contributed by atoms with van der Waals surface area (Å²) in [5, 5.41) is 10.2. The zero-order valence-corrected chi connectivity index (χ0v) is 12.0. The first-order valence-corrected chi connectivity index (χ1v) is 6.54. The van der Waals surface area contributed by atoms with Gasteiger partial charge in [-0.15, -0.1) is 13.2 Å². The zero-order chi connectivity index (χ0) is 15.6. The Hall–Kier alpha value is -1.60. The summed E-state index contributed by atoms with van der Waals surface area (Å²) in [6.07, 6.45) is -6.10. The Labute approximate surface area is 126 Å². The van der Waals surface area contributed by atoms with Crippen molar-refractivity contribution < 1.29 is 27.4 Å². The third kappa shape index (κ3) is 4.18. The molecule has 1 N–H and O–H groups in total. The summed E-state index contributed by atoms with van der Waals surface area (Å²) in [5.74, 6) is -1.01. The Bertz CT molecular complexity index is 643. The number of hydrogen-bond donors (Lipinski definition) is 1. The van der Waals surface area contributed by atoms with Crippen molar-refractivity contribution in [3.8, 4) is 5.75 Å². The quantitative estimate of drug-likeness (QED) is 0.808. The van der Waals surface area contributed by atoms with Gasteiger partial charge in [-0.2, -0.15) is 0 Å². The molecule has 2 aromatic rings. The van der Waals surface area contributed by atoms with Crippen molar-refractivity contribution in [2.45, 2.75) is 12.5 Å². The maximum atomic E-state index is 13.2. The molecule has 7 heteroatoms. The average Bonchev–Trinajstić information content (AvgIpc) is 2.39. The fourth-order valence-electron chi connectivity index (χ4n) is 1.79. The van der Waals surface area contributed by atoms with Gasteiger partial charge in [-0.25, -0.2) is 4.39 Å². The predicted octanol–water partition coefficient (Wildman–Crippen LogP) is 4.57. The van der Waals surface area contributed by atoms with E-state index in [-0.39, 0.29) is 11.1 Å². The van der Waals surface area contributed by atoms with Crippen molar-refractivity contribution >= 4 is 15.9 Å². The second-order valence-electron chi connectivity index (χ2n) is 4.19. The largest absolute Gasteiger partial charge is 0.573 e. The number of benzene rings is 2. The molecule has 0 radical (unpaired) electrons. The molecule has 0 saturated carbocycles. The Morgan fingerprint density at radius 2 is 1.81 bits per heavy atom. The highest BCUT2D eigenvalue weighted by atomic mass is 79.9. The molecule has 2 nitrogen and oxygen atoms in total. The molecular weight excluding hydrogens is 356 g/mol. The van der Waals surface area contributed by atoms with E-state index in [9.17, 15) is 22.7 Å². The Kier molecular flexibility index (Phi) is 4.53. The first-order chi connectivity index (χ1) is 9.76. The van der Waals surface area contributed by atoms with Crippen LogP contribution in [-0.4, -0.2) is 11.5 Å². The summed E-state index contributed by atoms with van der Waals surface area (Å²) in [4.78, 5) is 0. The van der Waals surface area contributed by atoms with Crippen molar-refractivity contribution in [2.24, 2.45) is 0 Å². The molecule has 0 bridgehead atoms. The van der Waals surface area contributed by atoms with Gasteiger partial charge in [0, 0.05) is 10.0 Å². The van der Waals surface area contributed by atoms with Gasteiger partial charge in [0.2, 0.25) is 0 Å². The maximum Gasteiger partial charge on any atom is 0.573 e. The van der Waals surface area contributed by atoms with E-state index < -0.39 is 24.0 Å². The van der Waals surface area contributed by atoms with Gasteiger partial charge in [-0.3, -0.25) is 0 Å². The van der Waals surface area contributed by atoms with Gasteiger partial charge in [0.05, 0.1) is 0 Å². The van der Waals surface area contributed by atoms with Crippen LogP contribution >= 0.6 is 15.9 Å². The Balaban J connectivity index is 2.33. The minimum atomic E-state index is -4.82. The van der Waals surface area contributed by atoms with E-state index in [1.807, 2.05) is 0 Å². The van der Waals surface area contributed by atoms with Gasteiger partial charge in [0.1, 0.15) is 17.7 Å². The normalized spacial score (nSPS) is 13.0. The van der Waals surface area contributed by atoms with Crippen molar-refractivity contribution in [2.75, 3.05) is 0 Å². The second-order valence-corrected chi connectivity index (χ2v) is 5.04. The molecule has 0 aliphatic carbocycles. The lowest BCUT2D eigenvalue weighted by molar-refractivity contribution is -0.274. The number of ether oxygens (including phenoxy) is 1. The van der Waals surface area contributed by atoms with E-state index in [1.54, 1.807) is 0 Å². The second kappa shape index (κ2) is 6.03. The summed E-state index contributed by atoms with van der Waals surface area (Å²) in [5.41, 5.74) is 0.363. The molecule has 0 aromatic heterocycles. The summed E-state index contributed by atoms with van der Waals surface area (Å²) >= 11 is 3.16. The van der Waals surface area contributed by atoms with Gasteiger partial charge < -0.3 is 9.84 Å². The zero-order valence-electron chi connectivity index (χ0n) is 10.4. The van der Waals surface area contributed by atoms with E-state index >= 15 is 0 Å². The highest BCUT2D eigenvalue weighted by molar-refractivity contribution is 9.10. The molecule has 0 aliphatic rings. The first kappa shape index (κ1) is 15.8. The van der Waals surface area contributed by atoms with Gasteiger partial charge in [0.25, 0.3) is 0 Å². The topological polar surface area (TPSA) is 29.5 Å². The van der Waals surface area contributed by atoms with Crippen LogP contribution in [0.25, 0.3) is 0 Å². The highest BCUT2D eigenvalue weighted by Crippen LogP contribution is 2.32.